The predicted molar refractivity (Wildman–Crippen MR) is 63.6 cm³/mol. The fraction of sp³-hybridized carbons (Fsp3) is 0.357. The minimum absolute atomic E-state index is 0.0251. The molecule has 1 aromatic rings. The van der Waals surface area contributed by atoms with E-state index >= 15 is 0 Å². The van der Waals surface area contributed by atoms with Gasteiger partial charge in [-0.2, -0.15) is 0 Å². The average Bonchev–Trinajstić information content (AvgIpc) is 2.39. The molecule has 0 N–H and O–H groups in total. The summed E-state index contributed by atoms with van der Waals surface area (Å²) in [6.07, 6.45) is 2.11. The average molecular weight is 216 g/mol. The van der Waals surface area contributed by atoms with Crippen LogP contribution in [0.15, 0.2) is 42.1 Å². The standard InChI is InChI=1S/C14H16O2/c1-3-11-5-4-10-16-14(11)12-6-8-13(15-2)9-7-12/h6-9,14H,1,4-5,10H2,2H3. The highest BCUT2D eigenvalue weighted by Crippen LogP contribution is 2.32. The molecule has 1 atom stereocenters. The van der Waals surface area contributed by atoms with E-state index in [0.29, 0.717) is 0 Å². The van der Waals surface area contributed by atoms with Crippen LogP contribution in [0.1, 0.15) is 24.5 Å². The van der Waals surface area contributed by atoms with Gasteiger partial charge in [0.25, 0.3) is 0 Å². The molecule has 1 aromatic carbocycles. The van der Waals surface area contributed by atoms with Gasteiger partial charge in [0, 0.05) is 12.2 Å². The van der Waals surface area contributed by atoms with Gasteiger partial charge in [0.05, 0.1) is 7.11 Å². The molecule has 2 nitrogen and oxygen atoms in total. The van der Waals surface area contributed by atoms with E-state index < -0.39 is 0 Å². The lowest BCUT2D eigenvalue weighted by molar-refractivity contribution is 0.0526. The zero-order valence-electron chi connectivity index (χ0n) is 9.53. The van der Waals surface area contributed by atoms with E-state index in [4.69, 9.17) is 9.47 Å². The molecule has 2 heteroatoms. The number of hydrogen-bond donors (Lipinski definition) is 0. The Morgan fingerprint density at radius 3 is 2.75 bits per heavy atom. The second-order valence-electron chi connectivity index (χ2n) is 3.83. The molecule has 2 rings (SSSR count). The van der Waals surface area contributed by atoms with Crippen molar-refractivity contribution in [1.82, 2.24) is 0 Å². The molecule has 0 saturated carbocycles. The summed E-state index contributed by atoms with van der Waals surface area (Å²) < 4.78 is 10.9. The van der Waals surface area contributed by atoms with Crippen molar-refractivity contribution in [2.45, 2.75) is 18.9 Å². The zero-order valence-corrected chi connectivity index (χ0v) is 9.53. The van der Waals surface area contributed by atoms with E-state index in [1.807, 2.05) is 24.3 Å². The molecule has 0 aliphatic carbocycles. The number of hydrogen-bond acceptors (Lipinski definition) is 2. The lowest BCUT2D eigenvalue weighted by Gasteiger charge is -2.25. The van der Waals surface area contributed by atoms with Crippen LogP contribution in [0.2, 0.25) is 0 Å². The monoisotopic (exact) mass is 216 g/mol. The fourth-order valence-electron chi connectivity index (χ4n) is 1.95. The maximum Gasteiger partial charge on any atom is 0.118 e. The third-order valence-electron chi connectivity index (χ3n) is 2.84. The van der Waals surface area contributed by atoms with Crippen LogP contribution in [0.3, 0.4) is 0 Å². The third-order valence-corrected chi connectivity index (χ3v) is 2.84. The minimum Gasteiger partial charge on any atom is -0.497 e. The van der Waals surface area contributed by atoms with Gasteiger partial charge >= 0.3 is 0 Å². The van der Waals surface area contributed by atoms with Gasteiger partial charge in [-0.15, -0.1) is 5.73 Å². The fourth-order valence-corrected chi connectivity index (χ4v) is 1.95. The lowest BCUT2D eigenvalue weighted by atomic mass is 9.96. The molecule has 0 bridgehead atoms. The van der Waals surface area contributed by atoms with Crippen LogP contribution in [0.4, 0.5) is 0 Å². The van der Waals surface area contributed by atoms with Gasteiger partial charge in [0.15, 0.2) is 0 Å². The SMILES string of the molecule is C=C=C1CCCOC1c1ccc(OC)cc1. The molecule has 0 radical (unpaired) electrons. The summed E-state index contributed by atoms with van der Waals surface area (Å²) in [5.74, 6) is 0.865. The highest BCUT2D eigenvalue weighted by atomic mass is 16.5. The Labute approximate surface area is 96.2 Å². The smallest absolute Gasteiger partial charge is 0.118 e. The van der Waals surface area contributed by atoms with Crippen molar-refractivity contribution < 1.29 is 9.47 Å². The van der Waals surface area contributed by atoms with Crippen molar-refractivity contribution in [2.75, 3.05) is 13.7 Å². The van der Waals surface area contributed by atoms with Crippen LogP contribution >= 0.6 is 0 Å². The number of rotatable bonds is 2. The van der Waals surface area contributed by atoms with Gasteiger partial charge < -0.3 is 9.47 Å². The van der Waals surface area contributed by atoms with E-state index in [9.17, 15) is 0 Å². The molecular formula is C14H16O2. The lowest BCUT2D eigenvalue weighted by Crippen LogP contribution is -2.14. The van der Waals surface area contributed by atoms with Crippen LogP contribution in [-0.4, -0.2) is 13.7 Å². The van der Waals surface area contributed by atoms with E-state index in [-0.39, 0.29) is 6.10 Å². The van der Waals surface area contributed by atoms with Crippen molar-refractivity contribution in [3.05, 3.63) is 47.7 Å². The van der Waals surface area contributed by atoms with Crippen molar-refractivity contribution >= 4 is 0 Å². The zero-order chi connectivity index (χ0) is 11.4. The van der Waals surface area contributed by atoms with Crippen LogP contribution in [-0.2, 0) is 4.74 Å². The Hall–Kier alpha value is -1.50. The Kier molecular flexibility index (Phi) is 3.45. The third kappa shape index (κ3) is 2.19. The topological polar surface area (TPSA) is 18.5 Å². The summed E-state index contributed by atoms with van der Waals surface area (Å²) in [6, 6.07) is 7.97. The summed E-state index contributed by atoms with van der Waals surface area (Å²) >= 11 is 0. The van der Waals surface area contributed by atoms with Gasteiger partial charge in [0.2, 0.25) is 0 Å². The van der Waals surface area contributed by atoms with Gasteiger partial charge in [-0.25, -0.2) is 0 Å². The Morgan fingerprint density at radius 1 is 1.38 bits per heavy atom. The highest BCUT2D eigenvalue weighted by Gasteiger charge is 2.20. The van der Waals surface area contributed by atoms with E-state index in [2.05, 4.69) is 12.3 Å². The molecule has 84 valence electrons. The van der Waals surface area contributed by atoms with Crippen LogP contribution in [0, 0.1) is 0 Å². The van der Waals surface area contributed by atoms with Crippen LogP contribution in [0.5, 0.6) is 5.75 Å². The summed E-state index contributed by atoms with van der Waals surface area (Å²) in [4.78, 5) is 0. The second kappa shape index (κ2) is 5.02. The first-order chi connectivity index (χ1) is 7.85. The first-order valence-corrected chi connectivity index (χ1v) is 5.49. The van der Waals surface area contributed by atoms with Crippen molar-refractivity contribution in [3.63, 3.8) is 0 Å². The van der Waals surface area contributed by atoms with Gasteiger partial charge in [-0.05, 0) is 30.5 Å². The largest absolute Gasteiger partial charge is 0.497 e. The molecule has 1 fully saturated rings. The van der Waals surface area contributed by atoms with E-state index in [1.165, 1.54) is 0 Å². The first-order valence-electron chi connectivity index (χ1n) is 5.49. The molecule has 0 spiro atoms. The van der Waals surface area contributed by atoms with Crippen molar-refractivity contribution in [1.29, 1.82) is 0 Å². The molecule has 0 amide bonds. The summed E-state index contributed by atoms with van der Waals surface area (Å²) in [5.41, 5.74) is 5.29. The molecular weight excluding hydrogens is 200 g/mol. The minimum atomic E-state index is 0.0251. The molecule has 1 heterocycles. The van der Waals surface area contributed by atoms with Gasteiger partial charge in [0.1, 0.15) is 11.9 Å². The Morgan fingerprint density at radius 2 is 2.12 bits per heavy atom. The molecule has 1 aliphatic heterocycles. The van der Waals surface area contributed by atoms with Gasteiger partial charge in [-0.1, -0.05) is 18.7 Å². The first kappa shape index (κ1) is 11.0. The summed E-state index contributed by atoms with van der Waals surface area (Å²) in [6.45, 7) is 4.53. The highest BCUT2D eigenvalue weighted by molar-refractivity contribution is 5.32. The number of methoxy groups -OCH3 is 1. The second-order valence-corrected chi connectivity index (χ2v) is 3.83. The Balaban J connectivity index is 2.24. The molecule has 1 saturated heterocycles. The molecule has 0 aromatic heterocycles. The number of benzene rings is 1. The van der Waals surface area contributed by atoms with Gasteiger partial charge in [-0.3, -0.25) is 0 Å². The summed E-state index contributed by atoms with van der Waals surface area (Å²) in [7, 11) is 1.67. The van der Waals surface area contributed by atoms with Crippen molar-refractivity contribution in [3.8, 4) is 5.75 Å². The summed E-state index contributed by atoms with van der Waals surface area (Å²) in [5, 5.41) is 0. The van der Waals surface area contributed by atoms with Crippen LogP contribution in [0.25, 0.3) is 0 Å². The molecule has 1 unspecified atom stereocenters. The van der Waals surface area contributed by atoms with Crippen molar-refractivity contribution in [2.24, 2.45) is 0 Å². The number of ether oxygens (including phenoxy) is 2. The van der Waals surface area contributed by atoms with E-state index in [1.54, 1.807) is 7.11 Å². The maximum absolute atomic E-state index is 5.76. The normalized spacial score (nSPS) is 20.3. The maximum atomic E-state index is 5.76. The van der Waals surface area contributed by atoms with E-state index in [0.717, 1.165) is 36.3 Å². The quantitative estimate of drug-likeness (QED) is 0.706. The molecule has 16 heavy (non-hydrogen) atoms. The predicted octanol–water partition coefficient (Wildman–Crippen LogP) is 3.26. The van der Waals surface area contributed by atoms with Crippen LogP contribution < -0.4 is 4.74 Å². The Bertz CT molecular complexity index is 399. The molecule has 1 aliphatic rings.